The normalized spacial score (nSPS) is 18.6. The van der Waals surface area contributed by atoms with E-state index in [1.54, 1.807) is 4.90 Å². The van der Waals surface area contributed by atoms with Crippen LogP contribution in [-0.4, -0.2) is 66.4 Å². The third-order valence-corrected chi connectivity index (χ3v) is 8.86. The second-order valence-corrected chi connectivity index (χ2v) is 12.1. The Labute approximate surface area is 196 Å². The molecule has 2 aliphatic rings. The van der Waals surface area contributed by atoms with E-state index < -0.39 is 15.9 Å². The zero-order chi connectivity index (χ0) is 24.0. The molecule has 0 bridgehead atoms. The average Bonchev–Trinajstić information content (AvgIpc) is 3.15. The maximum Gasteiger partial charge on any atom is 0.257 e. The number of nitrogens with zero attached hydrogens (tertiary/aromatic N) is 3. The number of nitrogens with one attached hydrogen (secondary N) is 1. The molecule has 2 heterocycles. The predicted molar refractivity (Wildman–Crippen MR) is 124 cm³/mol. The Morgan fingerprint density at radius 2 is 1.70 bits per heavy atom. The molecule has 1 N–H and O–H groups in total. The summed E-state index contributed by atoms with van der Waals surface area (Å²) in [6, 6.07) is 5.71. The summed E-state index contributed by atoms with van der Waals surface area (Å²) < 4.78 is 27.2. The van der Waals surface area contributed by atoms with Gasteiger partial charge in [0.15, 0.2) is 10.9 Å². The van der Waals surface area contributed by atoms with E-state index in [0.29, 0.717) is 41.6 Å². The van der Waals surface area contributed by atoms with Crippen LogP contribution in [0.15, 0.2) is 29.2 Å². The number of rotatable bonds is 4. The highest BCUT2D eigenvalue weighted by molar-refractivity contribution is 7.89. The molecule has 176 valence electrons. The summed E-state index contributed by atoms with van der Waals surface area (Å²) in [5, 5.41) is 3.08. The van der Waals surface area contributed by atoms with E-state index >= 15 is 0 Å². The van der Waals surface area contributed by atoms with E-state index in [0.717, 1.165) is 0 Å². The van der Waals surface area contributed by atoms with Crippen LogP contribution in [0.3, 0.4) is 0 Å². The van der Waals surface area contributed by atoms with Crippen molar-refractivity contribution in [2.45, 2.75) is 38.5 Å². The van der Waals surface area contributed by atoms with Crippen molar-refractivity contribution in [2.75, 3.05) is 31.5 Å². The Balaban J connectivity index is 1.44. The smallest absolute Gasteiger partial charge is 0.257 e. The average molecular weight is 491 g/mol. The number of anilines is 1. The molecule has 1 aliphatic heterocycles. The first-order valence-corrected chi connectivity index (χ1v) is 12.9. The van der Waals surface area contributed by atoms with Gasteiger partial charge in [0.25, 0.3) is 5.91 Å². The van der Waals surface area contributed by atoms with Crippen molar-refractivity contribution < 1.29 is 22.8 Å². The summed E-state index contributed by atoms with van der Waals surface area (Å²) in [4.78, 5) is 43.2. The number of Topliss-reactive ketones (excluding diaryl/α,β-unsaturated/α-hetero) is 1. The fourth-order valence-corrected chi connectivity index (χ4v) is 6.45. The van der Waals surface area contributed by atoms with Gasteiger partial charge in [0.05, 0.1) is 15.5 Å². The van der Waals surface area contributed by atoms with E-state index in [1.807, 2.05) is 13.8 Å². The number of carbonyl (C=O) groups excluding carboxylic acids is 3. The van der Waals surface area contributed by atoms with Gasteiger partial charge in [-0.3, -0.25) is 19.7 Å². The summed E-state index contributed by atoms with van der Waals surface area (Å²) in [7, 11) is -3.72. The Morgan fingerprint density at radius 3 is 2.30 bits per heavy atom. The van der Waals surface area contributed by atoms with Crippen molar-refractivity contribution in [3.05, 3.63) is 40.4 Å². The highest BCUT2D eigenvalue weighted by Crippen LogP contribution is 2.38. The molecule has 0 unspecified atom stereocenters. The maximum absolute atomic E-state index is 12.9. The molecule has 11 heteroatoms. The van der Waals surface area contributed by atoms with E-state index in [9.17, 15) is 22.8 Å². The quantitative estimate of drug-likeness (QED) is 0.703. The van der Waals surface area contributed by atoms with Gasteiger partial charge >= 0.3 is 0 Å². The van der Waals surface area contributed by atoms with E-state index in [4.69, 9.17) is 0 Å². The zero-order valence-electron chi connectivity index (χ0n) is 18.8. The monoisotopic (exact) mass is 490 g/mol. The van der Waals surface area contributed by atoms with Crippen molar-refractivity contribution in [1.29, 1.82) is 0 Å². The van der Waals surface area contributed by atoms with Gasteiger partial charge in [0.1, 0.15) is 0 Å². The van der Waals surface area contributed by atoms with Crippen LogP contribution in [0.5, 0.6) is 0 Å². The minimum absolute atomic E-state index is 0.0398. The predicted octanol–water partition coefficient (Wildman–Crippen LogP) is 2.40. The van der Waals surface area contributed by atoms with Crippen molar-refractivity contribution in [1.82, 2.24) is 14.2 Å². The van der Waals surface area contributed by atoms with Crippen LogP contribution in [0.4, 0.5) is 5.13 Å². The van der Waals surface area contributed by atoms with Gasteiger partial charge in [0.2, 0.25) is 15.9 Å². The molecule has 1 aromatic carbocycles. The number of fused-ring (bicyclic) bond motifs is 1. The molecule has 0 atom stereocenters. The number of sulfonamides is 1. The van der Waals surface area contributed by atoms with Gasteiger partial charge < -0.3 is 4.90 Å². The van der Waals surface area contributed by atoms with Gasteiger partial charge in [-0.05, 0) is 36.1 Å². The third-order valence-electron chi connectivity index (χ3n) is 5.89. The van der Waals surface area contributed by atoms with E-state index in [-0.39, 0.29) is 40.7 Å². The Morgan fingerprint density at radius 1 is 1.06 bits per heavy atom. The molecular weight excluding hydrogens is 464 g/mol. The van der Waals surface area contributed by atoms with Crippen LogP contribution < -0.4 is 5.32 Å². The highest BCUT2D eigenvalue weighted by Gasteiger charge is 2.34. The standard InChI is InChI=1S/C22H26N4O5S2/c1-14(27)25-8-10-26(11-9-25)33(30,31)16-6-4-15(5-7-16)20(29)24-21-23-17-12-22(2,3)13-18(28)19(17)32-21/h4-7H,8-13H2,1-3H3,(H,23,24,29). The van der Waals surface area contributed by atoms with Crippen LogP contribution >= 0.6 is 11.3 Å². The van der Waals surface area contributed by atoms with Crippen LogP contribution in [0.2, 0.25) is 0 Å². The van der Waals surface area contributed by atoms with Crippen molar-refractivity contribution in [3.63, 3.8) is 0 Å². The van der Waals surface area contributed by atoms with E-state index in [1.165, 1.54) is 46.8 Å². The summed E-state index contributed by atoms with van der Waals surface area (Å²) in [5.41, 5.74) is 0.845. The van der Waals surface area contributed by atoms with Crippen molar-refractivity contribution >= 4 is 44.1 Å². The molecule has 0 radical (unpaired) electrons. The summed E-state index contributed by atoms with van der Waals surface area (Å²) >= 11 is 1.17. The largest absolute Gasteiger partial charge is 0.340 e. The molecule has 2 amide bonds. The van der Waals surface area contributed by atoms with Gasteiger partial charge in [0, 0.05) is 45.1 Å². The molecule has 2 aromatic rings. The fraction of sp³-hybridized carbons (Fsp3) is 0.455. The molecule has 0 spiro atoms. The first kappa shape index (κ1) is 23.5. The maximum atomic E-state index is 12.9. The molecule has 1 aliphatic carbocycles. The first-order chi connectivity index (χ1) is 15.5. The topological polar surface area (TPSA) is 117 Å². The number of piperazine rings is 1. The number of amides is 2. The third kappa shape index (κ3) is 4.85. The lowest BCUT2D eigenvalue weighted by atomic mass is 9.78. The molecule has 1 saturated heterocycles. The Kier molecular flexibility index (Phi) is 6.14. The molecule has 0 saturated carbocycles. The number of hydrogen-bond acceptors (Lipinski definition) is 7. The minimum atomic E-state index is -3.72. The number of hydrogen-bond donors (Lipinski definition) is 1. The van der Waals surface area contributed by atoms with Crippen LogP contribution in [0.25, 0.3) is 0 Å². The molecule has 4 rings (SSSR count). The van der Waals surface area contributed by atoms with Crippen LogP contribution in [0.1, 0.15) is 52.9 Å². The summed E-state index contributed by atoms with van der Waals surface area (Å²) in [5.74, 6) is -0.457. The van der Waals surface area contributed by atoms with Crippen LogP contribution in [0, 0.1) is 5.41 Å². The first-order valence-electron chi connectivity index (χ1n) is 10.7. The van der Waals surface area contributed by atoms with Crippen LogP contribution in [-0.2, 0) is 21.2 Å². The lowest BCUT2D eigenvalue weighted by Crippen LogP contribution is -2.49. The molecule has 9 nitrogen and oxygen atoms in total. The minimum Gasteiger partial charge on any atom is -0.340 e. The second kappa shape index (κ2) is 8.62. The number of ketones is 1. The second-order valence-electron chi connectivity index (χ2n) is 9.12. The number of benzene rings is 1. The molecular formula is C22H26N4O5S2. The Bertz CT molecular complexity index is 1210. The van der Waals surface area contributed by atoms with E-state index in [2.05, 4.69) is 10.3 Å². The van der Waals surface area contributed by atoms with Gasteiger partial charge in [-0.1, -0.05) is 25.2 Å². The lowest BCUT2D eigenvalue weighted by molar-refractivity contribution is -0.129. The number of thiazole rings is 1. The molecule has 1 fully saturated rings. The van der Waals surface area contributed by atoms with Crippen molar-refractivity contribution in [3.8, 4) is 0 Å². The van der Waals surface area contributed by atoms with Crippen molar-refractivity contribution in [2.24, 2.45) is 5.41 Å². The van der Waals surface area contributed by atoms with Gasteiger partial charge in [-0.15, -0.1) is 0 Å². The summed E-state index contributed by atoms with van der Waals surface area (Å²) in [6.45, 7) is 6.67. The highest BCUT2D eigenvalue weighted by atomic mass is 32.2. The number of aromatic nitrogens is 1. The van der Waals surface area contributed by atoms with Gasteiger partial charge in [-0.25, -0.2) is 13.4 Å². The lowest BCUT2D eigenvalue weighted by Gasteiger charge is -2.33. The molecule has 1 aromatic heterocycles. The summed E-state index contributed by atoms with van der Waals surface area (Å²) in [6.07, 6.45) is 1.13. The fourth-order valence-electron chi connectivity index (χ4n) is 4.11. The Hall–Kier alpha value is -2.63. The SMILES string of the molecule is CC(=O)N1CCN(S(=O)(=O)c2ccc(C(=O)Nc3nc4c(s3)C(=O)CC(C)(C)C4)cc2)CC1. The zero-order valence-corrected chi connectivity index (χ0v) is 20.4. The number of carbonyl (C=O) groups is 3. The van der Waals surface area contributed by atoms with Gasteiger partial charge in [-0.2, -0.15) is 4.31 Å². The molecule has 33 heavy (non-hydrogen) atoms.